The number of aromatic nitrogens is 3. The zero-order chi connectivity index (χ0) is 14.5. The monoisotopic (exact) mass is 273 g/mol. The highest BCUT2D eigenvalue weighted by Gasteiger charge is 2.19. The van der Waals surface area contributed by atoms with Crippen LogP contribution in [-0.4, -0.2) is 34.0 Å². The van der Waals surface area contributed by atoms with Crippen molar-refractivity contribution in [3.8, 4) is 0 Å². The number of hydrogen-bond acceptors (Lipinski definition) is 4. The van der Waals surface area contributed by atoms with Crippen LogP contribution in [-0.2, 0) is 6.54 Å². The van der Waals surface area contributed by atoms with E-state index in [2.05, 4.69) is 10.3 Å². The molecule has 0 aliphatic rings. The minimum atomic E-state index is -0.152. The largest absolute Gasteiger partial charge is 0.329 e. The van der Waals surface area contributed by atoms with Crippen LogP contribution in [0.5, 0.6) is 0 Å². The molecule has 0 unspecified atom stereocenters. The van der Waals surface area contributed by atoms with Crippen molar-refractivity contribution < 1.29 is 4.79 Å². The molecule has 20 heavy (non-hydrogen) atoms. The molecule has 0 saturated heterocycles. The number of benzene rings is 1. The number of carbonyl (C=O) groups excluding carboxylic acids is 1. The summed E-state index contributed by atoms with van der Waals surface area (Å²) in [5.74, 6) is -0.152. The number of anilines is 1. The van der Waals surface area contributed by atoms with Gasteiger partial charge in [0.05, 0.1) is 12.7 Å². The van der Waals surface area contributed by atoms with Crippen molar-refractivity contribution in [1.82, 2.24) is 15.0 Å². The molecular weight excluding hydrogens is 254 g/mol. The van der Waals surface area contributed by atoms with Crippen LogP contribution < -0.4 is 10.6 Å². The maximum absolute atomic E-state index is 12.5. The van der Waals surface area contributed by atoms with Gasteiger partial charge in [0.15, 0.2) is 5.69 Å². The molecule has 106 valence electrons. The third kappa shape index (κ3) is 3.03. The first kappa shape index (κ1) is 14.2. The molecule has 2 rings (SSSR count). The van der Waals surface area contributed by atoms with Gasteiger partial charge in [-0.15, -0.1) is 5.10 Å². The standard InChI is InChI=1S/C14H19N5O/c1-3-19(12-6-4-5-11(2)9-12)14(20)13-10-18(8-7-15)17-16-13/h4-6,9-10H,3,7-8,15H2,1-2H3. The molecule has 2 aromatic rings. The first-order valence-corrected chi connectivity index (χ1v) is 6.64. The molecule has 1 aromatic carbocycles. The third-order valence-electron chi connectivity index (χ3n) is 2.99. The zero-order valence-electron chi connectivity index (χ0n) is 11.8. The number of nitrogens with zero attached hydrogens (tertiary/aromatic N) is 4. The van der Waals surface area contributed by atoms with Crippen LogP contribution in [0.4, 0.5) is 5.69 Å². The topological polar surface area (TPSA) is 77.0 Å². The molecule has 0 atom stereocenters. The van der Waals surface area contributed by atoms with Crippen LogP contribution in [0.3, 0.4) is 0 Å². The van der Waals surface area contributed by atoms with Gasteiger partial charge in [-0.3, -0.25) is 9.48 Å². The Hall–Kier alpha value is -2.21. The van der Waals surface area contributed by atoms with Crippen molar-refractivity contribution in [2.75, 3.05) is 18.0 Å². The second-order valence-corrected chi connectivity index (χ2v) is 4.54. The Kier molecular flexibility index (Phi) is 4.47. The Labute approximate surface area is 118 Å². The fraction of sp³-hybridized carbons (Fsp3) is 0.357. The molecule has 0 aliphatic carbocycles. The highest BCUT2D eigenvalue weighted by atomic mass is 16.2. The fourth-order valence-corrected chi connectivity index (χ4v) is 2.02. The van der Waals surface area contributed by atoms with Gasteiger partial charge < -0.3 is 10.6 Å². The number of nitrogens with two attached hydrogens (primary N) is 1. The lowest BCUT2D eigenvalue weighted by molar-refractivity contribution is 0.0983. The van der Waals surface area contributed by atoms with Gasteiger partial charge in [0.25, 0.3) is 5.91 Å². The Morgan fingerprint density at radius 1 is 1.45 bits per heavy atom. The number of hydrogen-bond donors (Lipinski definition) is 1. The summed E-state index contributed by atoms with van der Waals surface area (Å²) in [6, 6.07) is 7.83. The lowest BCUT2D eigenvalue weighted by Gasteiger charge is -2.20. The Balaban J connectivity index is 2.24. The van der Waals surface area contributed by atoms with Gasteiger partial charge in [-0.05, 0) is 31.5 Å². The number of rotatable bonds is 5. The Morgan fingerprint density at radius 2 is 2.25 bits per heavy atom. The molecule has 0 fully saturated rings. The average Bonchev–Trinajstić information content (AvgIpc) is 2.89. The summed E-state index contributed by atoms with van der Waals surface area (Å²) in [5, 5.41) is 7.81. The third-order valence-corrected chi connectivity index (χ3v) is 2.99. The molecule has 6 nitrogen and oxygen atoms in total. The number of aryl methyl sites for hydroxylation is 1. The van der Waals surface area contributed by atoms with Crippen LogP contribution in [0.15, 0.2) is 30.5 Å². The van der Waals surface area contributed by atoms with E-state index in [4.69, 9.17) is 5.73 Å². The van der Waals surface area contributed by atoms with Gasteiger partial charge >= 0.3 is 0 Å². The molecule has 0 bridgehead atoms. The van der Waals surface area contributed by atoms with Gasteiger partial charge in [-0.1, -0.05) is 17.3 Å². The van der Waals surface area contributed by atoms with Crippen LogP contribution in [0.25, 0.3) is 0 Å². The summed E-state index contributed by atoms with van der Waals surface area (Å²) in [4.78, 5) is 14.2. The normalized spacial score (nSPS) is 10.6. The van der Waals surface area contributed by atoms with Crippen molar-refractivity contribution in [1.29, 1.82) is 0 Å². The van der Waals surface area contributed by atoms with E-state index in [1.165, 1.54) is 0 Å². The summed E-state index contributed by atoms with van der Waals surface area (Å²) in [6.45, 7) is 5.53. The lowest BCUT2D eigenvalue weighted by Crippen LogP contribution is -2.31. The predicted octanol–water partition coefficient (Wildman–Crippen LogP) is 1.21. The average molecular weight is 273 g/mol. The Morgan fingerprint density at radius 3 is 2.90 bits per heavy atom. The van der Waals surface area contributed by atoms with E-state index in [1.54, 1.807) is 15.8 Å². The molecule has 6 heteroatoms. The molecule has 1 heterocycles. The van der Waals surface area contributed by atoms with Crippen LogP contribution >= 0.6 is 0 Å². The minimum absolute atomic E-state index is 0.152. The smallest absolute Gasteiger partial charge is 0.280 e. The quantitative estimate of drug-likeness (QED) is 0.888. The molecular formula is C14H19N5O. The minimum Gasteiger partial charge on any atom is -0.329 e. The van der Waals surface area contributed by atoms with E-state index in [0.717, 1.165) is 11.3 Å². The fourth-order valence-electron chi connectivity index (χ4n) is 2.02. The van der Waals surface area contributed by atoms with Gasteiger partial charge in [0.2, 0.25) is 0 Å². The molecule has 0 radical (unpaired) electrons. The highest BCUT2D eigenvalue weighted by Crippen LogP contribution is 2.17. The summed E-state index contributed by atoms with van der Waals surface area (Å²) in [5.41, 5.74) is 7.77. The molecule has 0 aliphatic heterocycles. The first-order chi connectivity index (χ1) is 9.65. The molecule has 0 saturated carbocycles. The SMILES string of the molecule is CCN(C(=O)c1cn(CCN)nn1)c1cccc(C)c1. The number of amides is 1. The van der Waals surface area contributed by atoms with Crippen molar-refractivity contribution >= 4 is 11.6 Å². The molecule has 1 aromatic heterocycles. The van der Waals surface area contributed by atoms with Gasteiger partial charge in [-0.25, -0.2) is 0 Å². The van der Waals surface area contributed by atoms with Crippen molar-refractivity contribution in [3.63, 3.8) is 0 Å². The molecule has 2 N–H and O–H groups in total. The van der Waals surface area contributed by atoms with Crippen LogP contribution in [0.2, 0.25) is 0 Å². The van der Waals surface area contributed by atoms with Crippen LogP contribution in [0, 0.1) is 6.92 Å². The van der Waals surface area contributed by atoms with E-state index >= 15 is 0 Å². The summed E-state index contributed by atoms with van der Waals surface area (Å²) in [6.07, 6.45) is 1.63. The maximum atomic E-state index is 12.5. The molecule has 1 amide bonds. The first-order valence-electron chi connectivity index (χ1n) is 6.64. The van der Waals surface area contributed by atoms with Crippen molar-refractivity contribution in [2.45, 2.75) is 20.4 Å². The van der Waals surface area contributed by atoms with Crippen molar-refractivity contribution in [2.24, 2.45) is 5.73 Å². The maximum Gasteiger partial charge on any atom is 0.280 e. The number of carbonyl (C=O) groups is 1. The second-order valence-electron chi connectivity index (χ2n) is 4.54. The lowest BCUT2D eigenvalue weighted by atomic mass is 10.2. The van der Waals surface area contributed by atoms with Gasteiger partial charge in [0, 0.05) is 18.8 Å². The van der Waals surface area contributed by atoms with E-state index < -0.39 is 0 Å². The summed E-state index contributed by atoms with van der Waals surface area (Å²) < 4.78 is 1.58. The summed E-state index contributed by atoms with van der Waals surface area (Å²) in [7, 11) is 0. The highest BCUT2D eigenvalue weighted by molar-refractivity contribution is 6.04. The van der Waals surface area contributed by atoms with Gasteiger partial charge in [0.1, 0.15) is 0 Å². The zero-order valence-corrected chi connectivity index (χ0v) is 11.8. The van der Waals surface area contributed by atoms with Crippen molar-refractivity contribution in [3.05, 3.63) is 41.7 Å². The van der Waals surface area contributed by atoms with E-state index in [9.17, 15) is 4.79 Å². The Bertz CT molecular complexity index is 593. The van der Waals surface area contributed by atoms with E-state index in [0.29, 0.717) is 25.3 Å². The predicted molar refractivity (Wildman–Crippen MR) is 77.6 cm³/mol. The van der Waals surface area contributed by atoms with Crippen LogP contribution in [0.1, 0.15) is 23.0 Å². The molecule has 0 spiro atoms. The summed E-state index contributed by atoms with van der Waals surface area (Å²) >= 11 is 0. The second kappa shape index (κ2) is 6.29. The van der Waals surface area contributed by atoms with E-state index in [1.807, 2.05) is 38.1 Å². The van der Waals surface area contributed by atoms with E-state index in [-0.39, 0.29) is 5.91 Å². The van der Waals surface area contributed by atoms with Gasteiger partial charge in [-0.2, -0.15) is 0 Å².